The highest BCUT2D eigenvalue weighted by Gasteiger charge is 2.09. The fourth-order valence-corrected chi connectivity index (χ4v) is 2.49. The quantitative estimate of drug-likeness (QED) is 0.674. The molecule has 0 radical (unpaired) electrons. The van der Waals surface area contributed by atoms with Crippen molar-refractivity contribution in [3.63, 3.8) is 0 Å². The van der Waals surface area contributed by atoms with Gasteiger partial charge in [-0.05, 0) is 42.3 Å². The molecule has 27 heavy (non-hydrogen) atoms. The summed E-state index contributed by atoms with van der Waals surface area (Å²) in [5.74, 6) is -0.717. The number of benzene rings is 2. The van der Waals surface area contributed by atoms with Crippen molar-refractivity contribution in [2.45, 2.75) is 19.5 Å². The highest BCUT2D eigenvalue weighted by molar-refractivity contribution is 6.35. The average Bonchev–Trinajstić information content (AvgIpc) is 2.62. The third-order valence-electron chi connectivity index (χ3n) is 3.44. The average molecular weight is 417 g/mol. The lowest BCUT2D eigenvalue weighted by atomic mass is 10.1. The van der Waals surface area contributed by atoms with Crippen molar-refractivity contribution in [3.05, 3.63) is 58.1 Å². The largest absolute Gasteiger partial charge is 0.435 e. The summed E-state index contributed by atoms with van der Waals surface area (Å²) in [5.41, 5.74) is 1.14. The summed E-state index contributed by atoms with van der Waals surface area (Å²) in [4.78, 5) is 23.7. The molecular weight excluding hydrogens is 401 g/mol. The molecule has 0 aliphatic carbocycles. The maximum Gasteiger partial charge on any atom is 0.387 e. The number of hydrogen-bond donors (Lipinski definition) is 2. The van der Waals surface area contributed by atoms with Crippen molar-refractivity contribution in [1.82, 2.24) is 5.32 Å². The van der Waals surface area contributed by atoms with Crippen molar-refractivity contribution in [3.8, 4) is 5.75 Å². The molecule has 0 atom stereocenters. The van der Waals surface area contributed by atoms with Gasteiger partial charge in [0.15, 0.2) is 0 Å². The van der Waals surface area contributed by atoms with Gasteiger partial charge in [0.1, 0.15) is 5.75 Å². The summed E-state index contributed by atoms with van der Waals surface area (Å²) in [5, 5.41) is 5.80. The van der Waals surface area contributed by atoms with Crippen LogP contribution < -0.4 is 15.4 Å². The van der Waals surface area contributed by atoms with Crippen LogP contribution in [0.4, 0.5) is 14.5 Å². The second-order valence-electron chi connectivity index (χ2n) is 5.47. The lowest BCUT2D eigenvalue weighted by Crippen LogP contribution is -2.33. The zero-order chi connectivity index (χ0) is 19.8. The summed E-state index contributed by atoms with van der Waals surface area (Å²) >= 11 is 11.8. The van der Waals surface area contributed by atoms with Gasteiger partial charge in [-0.25, -0.2) is 0 Å². The molecular formula is C18H16Cl2F2N2O3. The van der Waals surface area contributed by atoms with Crippen molar-refractivity contribution in [2.75, 3.05) is 11.9 Å². The van der Waals surface area contributed by atoms with E-state index in [9.17, 15) is 18.4 Å². The van der Waals surface area contributed by atoms with Crippen LogP contribution >= 0.6 is 23.2 Å². The first-order valence-corrected chi connectivity index (χ1v) is 8.64. The lowest BCUT2D eigenvalue weighted by molar-refractivity contribution is -0.124. The molecule has 0 aromatic heterocycles. The van der Waals surface area contributed by atoms with Gasteiger partial charge >= 0.3 is 6.61 Å². The number of alkyl halides is 2. The van der Waals surface area contributed by atoms with Crippen LogP contribution in [0, 0.1) is 0 Å². The molecule has 5 nitrogen and oxygen atoms in total. The number of rotatable bonds is 8. The molecule has 0 saturated carbocycles. The maximum absolute atomic E-state index is 12.1. The number of aryl methyl sites for hydroxylation is 1. The summed E-state index contributed by atoms with van der Waals surface area (Å²) in [6.07, 6.45) is 0.531. The Morgan fingerprint density at radius 2 is 1.74 bits per heavy atom. The van der Waals surface area contributed by atoms with Crippen LogP contribution in [0.25, 0.3) is 0 Å². The minimum absolute atomic E-state index is 0.0505. The molecule has 0 unspecified atom stereocenters. The predicted octanol–water partition coefficient (Wildman–Crippen LogP) is 4.28. The van der Waals surface area contributed by atoms with Crippen molar-refractivity contribution in [2.24, 2.45) is 0 Å². The Bertz CT molecular complexity index is 802. The van der Waals surface area contributed by atoms with Gasteiger partial charge in [0.05, 0.1) is 17.3 Å². The first kappa shape index (κ1) is 20.9. The third kappa shape index (κ3) is 7.40. The fraction of sp³-hybridized carbons (Fsp3) is 0.222. The van der Waals surface area contributed by atoms with Crippen molar-refractivity contribution < 1.29 is 23.1 Å². The van der Waals surface area contributed by atoms with Crippen LogP contribution in [0.2, 0.25) is 10.0 Å². The van der Waals surface area contributed by atoms with Gasteiger partial charge in [0.25, 0.3) is 0 Å². The SMILES string of the molecule is O=C(CCc1ccc(OC(F)F)cc1)NCC(=O)Nc1cc(Cl)ccc1Cl. The Morgan fingerprint density at radius 1 is 1.04 bits per heavy atom. The van der Waals surface area contributed by atoms with Crippen LogP contribution in [-0.4, -0.2) is 25.0 Å². The number of carbonyl (C=O) groups excluding carboxylic acids is 2. The summed E-state index contributed by atoms with van der Waals surface area (Å²) < 4.78 is 28.4. The number of carbonyl (C=O) groups is 2. The number of anilines is 1. The molecule has 0 aliphatic heterocycles. The molecule has 0 spiro atoms. The van der Waals surface area contributed by atoms with E-state index in [1.54, 1.807) is 24.3 Å². The van der Waals surface area contributed by atoms with Crippen LogP contribution in [0.1, 0.15) is 12.0 Å². The number of amides is 2. The number of halogens is 4. The van der Waals surface area contributed by atoms with E-state index < -0.39 is 12.5 Å². The van der Waals surface area contributed by atoms with Gasteiger partial charge in [0, 0.05) is 11.4 Å². The van der Waals surface area contributed by atoms with E-state index in [2.05, 4.69) is 15.4 Å². The first-order chi connectivity index (χ1) is 12.8. The fourth-order valence-electron chi connectivity index (χ4n) is 2.15. The van der Waals surface area contributed by atoms with Gasteiger partial charge in [-0.15, -0.1) is 0 Å². The molecule has 0 saturated heterocycles. The topological polar surface area (TPSA) is 67.4 Å². The van der Waals surface area contributed by atoms with Crippen molar-refractivity contribution >= 4 is 40.7 Å². The van der Waals surface area contributed by atoms with E-state index in [-0.39, 0.29) is 24.6 Å². The Kier molecular flexibility index (Phi) is 7.82. The minimum Gasteiger partial charge on any atom is -0.435 e. The van der Waals surface area contributed by atoms with Crippen LogP contribution in [0.3, 0.4) is 0 Å². The Balaban J connectivity index is 1.74. The van der Waals surface area contributed by atoms with Gasteiger partial charge in [-0.3, -0.25) is 9.59 Å². The standard InChI is InChI=1S/C18H16Cl2F2N2O3/c19-12-4-7-14(20)15(9-12)24-17(26)10-23-16(25)8-3-11-1-5-13(6-2-11)27-18(21)22/h1-2,4-7,9,18H,3,8,10H2,(H,23,25)(H,24,26). The number of nitrogens with one attached hydrogen (secondary N) is 2. The second kappa shape index (κ2) is 10.1. The predicted molar refractivity (Wildman–Crippen MR) is 99.5 cm³/mol. The zero-order valence-corrected chi connectivity index (χ0v) is 15.5. The molecule has 144 valence electrons. The van der Waals surface area contributed by atoms with Crippen LogP contribution in [0.15, 0.2) is 42.5 Å². The second-order valence-corrected chi connectivity index (χ2v) is 6.32. The van der Waals surface area contributed by atoms with Crippen molar-refractivity contribution in [1.29, 1.82) is 0 Å². The Labute approximate surface area is 164 Å². The first-order valence-electron chi connectivity index (χ1n) is 7.89. The summed E-state index contributed by atoms with van der Waals surface area (Å²) in [6, 6.07) is 10.6. The summed E-state index contributed by atoms with van der Waals surface area (Å²) in [6.45, 7) is -3.10. The molecule has 0 fully saturated rings. The minimum atomic E-state index is -2.88. The molecule has 2 rings (SSSR count). The molecule has 0 aliphatic rings. The molecule has 2 aromatic rings. The van der Waals surface area contributed by atoms with E-state index in [4.69, 9.17) is 23.2 Å². The molecule has 2 aromatic carbocycles. The van der Waals surface area contributed by atoms with Gasteiger partial charge in [-0.2, -0.15) is 8.78 Å². The van der Waals surface area contributed by atoms with Crippen LogP contribution in [-0.2, 0) is 16.0 Å². The number of hydrogen-bond acceptors (Lipinski definition) is 3. The summed E-state index contributed by atoms with van der Waals surface area (Å²) in [7, 11) is 0. The smallest absolute Gasteiger partial charge is 0.387 e. The molecule has 2 N–H and O–H groups in total. The van der Waals surface area contributed by atoms with Crippen LogP contribution in [0.5, 0.6) is 5.75 Å². The van der Waals surface area contributed by atoms with E-state index in [1.807, 2.05) is 0 Å². The normalized spacial score (nSPS) is 10.6. The highest BCUT2D eigenvalue weighted by atomic mass is 35.5. The monoisotopic (exact) mass is 416 g/mol. The lowest BCUT2D eigenvalue weighted by Gasteiger charge is -2.09. The Hall–Kier alpha value is -2.38. The van der Waals surface area contributed by atoms with Gasteiger partial charge in [0.2, 0.25) is 11.8 Å². The Morgan fingerprint density at radius 3 is 2.41 bits per heavy atom. The van der Waals surface area contributed by atoms with E-state index in [0.717, 1.165) is 5.56 Å². The third-order valence-corrected chi connectivity index (χ3v) is 4.00. The number of ether oxygens (including phenoxy) is 1. The highest BCUT2D eigenvalue weighted by Crippen LogP contribution is 2.25. The molecule has 0 bridgehead atoms. The molecule has 2 amide bonds. The van der Waals surface area contributed by atoms with Gasteiger partial charge < -0.3 is 15.4 Å². The maximum atomic E-state index is 12.1. The van der Waals surface area contributed by atoms with E-state index in [0.29, 0.717) is 22.2 Å². The van der Waals surface area contributed by atoms with E-state index >= 15 is 0 Å². The van der Waals surface area contributed by atoms with E-state index in [1.165, 1.54) is 18.2 Å². The molecule has 0 heterocycles. The zero-order valence-electron chi connectivity index (χ0n) is 14.0. The van der Waals surface area contributed by atoms with Gasteiger partial charge in [-0.1, -0.05) is 35.3 Å². The molecule has 9 heteroatoms.